The summed E-state index contributed by atoms with van der Waals surface area (Å²) in [4.78, 5) is 4.38. The maximum absolute atomic E-state index is 13.3. The van der Waals surface area contributed by atoms with Crippen molar-refractivity contribution in [3.05, 3.63) is 59.4 Å². The van der Waals surface area contributed by atoms with E-state index in [1.165, 1.54) is 12.1 Å². The first-order valence-corrected chi connectivity index (χ1v) is 8.18. The van der Waals surface area contributed by atoms with Crippen molar-refractivity contribution < 1.29 is 13.9 Å². The fraction of sp³-hybridized carbons (Fsp3) is 0.143. The van der Waals surface area contributed by atoms with E-state index in [1.54, 1.807) is 38.5 Å². The van der Waals surface area contributed by atoms with E-state index >= 15 is 0 Å². The lowest BCUT2D eigenvalue weighted by molar-refractivity contribution is 0.355. The number of rotatable bonds is 4. The van der Waals surface area contributed by atoms with E-state index in [0.717, 1.165) is 11.1 Å². The molecule has 0 saturated heterocycles. The number of hydrogen-bond donors (Lipinski definition) is 1. The van der Waals surface area contributed by atoms with Crippen molar-refractivity contribution in [2.75, 3.05) is 20.0 Å². The quantitative estimate of drug-likeness (QED) is 0.746. The van der Waals surface area contributed by atoms with Gasteiger partial charge in [-0.05, 0) is 54.4 Å². The summed E-state index contributed by atoms with van der Waals surface area (Å²) in [5, 5.41) is 9.63. The monoisotopic (exact) mass is 363 g/mol. The first-order valence-electron chi connectivity index (χ1n) is 8.18. The molecule has 0 spiro atoms. The molecule has 1 heterocycles. The fourth-order valence-electron chi connectivity index (χ4n) is 3.05. The number of nitrogens with two attached hydrogens (primary N) is 1. The normalized spacial score (nSPS) is 10.3. The molecule has 0 aliphatic rings. The number of methoxy groups -OCH3 is 2. The van der Waals surface area contributed by atoms with Crippen molar-refractivity contribution in [3.8, 4) is 40.0 Å². The minimum absolute atomic E-state index is 0.118. The Balaban J connectivity index is 2.29. The second kappa shape index (κ2) is 7.34. The summed E-state index contributed by atoms with van der Waals surface area (Å²) in [7, 11) is 3.10. The van der Waals surface area contributed by atoms with Crippen LogP contribution in [0, 0.1) is 24.1 Å². The first kappa shape index (κ1) is 18.2. The van der Waals surface area contributed by atoms with E-state index in [1.807, 2.05) is 13.0 Å². The van der Waals surface area contributed by atoms with Crippen LogP contribution in [0.2, 0.25) is 0 Å². The van der Waals surface area contributed by atoms with E-state index < -0.39 is 0 Å². The molecule has 2 aromatic carbocycles. The van der Waals surface area contributed by atoms with Crippen LogP contribution >= 0.6 is 0 Å². The molecule has 3 rings (SSSR count). The molecule has 136 valence electrons. The van der Waals surface area contributed by atoms with Crippen molar-refractivity contribution in [1.29, 1.82) is 5.26 Å². The number of halogens is 1. The van der Waals surface area contributed by atoms with Gasteiger partial charge in [0.05, 0.1) is 19.9 Å². The molecule has 27 heavy (non-hydrogen) atoms. The van der Waals surface area contributed by atoms with Gasteiger partial charge in [-0.15, -0.1) is 0 Å². The second-order valence-corrected chi connectivity index (χ2v) is 5.91. The Bertz CT molecular complexity index is 1040. The third-order valence-corrected chi connectivity index (χ3v) is 4.37. The van der Waals surface area contributed by atoms with Gasteiger partial charge < -0.3 is 15.2 Å². The minimum atomic E-state index is -0.335. The molecule has 2 N–H and O–H groups in total. The Labute approximate surface area is 156 Å². The number of ether oxygens (including phenoxy) is 2. The SMILES string of the molecule is COc1ccc(-c2c(C)c(-c3ccc(F)cc3)nc(N)c2C#N)cc1OC. The van der Waals surface area contributed by atoms with Crippen LogP contribution in [-0.4, -0.2) is 19.2 Å². The zero-order valence-corrected chi connectivity index (χ0v) is 15.2. The molecule has 0 atom stereocenters. The number of anilines is 1. The second-order valence-electron chi connectivity index (χ2n) is 5.91. The van der Waals surface area contributed by atoms with Gasteiger partial charge in [0.2, 0.25) is 0 Å². The lowest BCUT2D eigenvalue weighted by Gasteiger charge is -2.16. The largest absolute Gasteiger partial charge is 0.493 e. The predicted octanol–water partition coefficient (Wildman–Crippen LogP) is 4.33. The lowest BCUT2D eigenvalue weighted by Crippen LogP contribution is -2.03. The van der Waals surface area contributed by atoms with E-state index in [4.69, 9.17) is 15.2 Å². The molecule has 0 radical (unpaired) electrons. The van der Waals surface area contributed by atoms with Gasteiger partial charge in [-0.1, -0.05) is 6.07 Å². The van der Waals surface area contributed by atoms with Crippen LogP contribution in [-0.2, 0) is 0 Å². The zero-order chi connectivity index (χ0) is 19.6. The number of nitrogens with zero attached hydrogens (tertiary/aromatic N) is 2. The summed E-state index contributed by atoms with van der Waals surface area (Å²) in [5.41, 5.74) is 9.83. The highest BCUT2D eigenvalue weighted by Crippen LogP contribution is 2.39. The van der Waals surface area contributed by atoms with Crippen molar-refractivity contribution in [2.45, 2.75) is 6.92 Å². The van der Waals surface area contributed by atoms with Gasteiger partial charge in [-0.25, -0.2) is 9.37 Å². The summed E-state index contributed by atoms with van der Waals surface area (Å²) in [6.45, 7) is 1.86. The number of hydrogen-bond acceptors (Lipinski definition) is 5. The highest BCUT2D eigenvalue weighted by molar-refractivity contribution is 5.85. The molecular weight excluding hydrogens is 345 g/mol. The average Bonchev–Trinajstić information content (AvgIpc) is 2.69. The minimum Gasteiger partial charge on any atom is -0.493 e. The topological polar surface area (TPSA) is 81.2 Å². The van der Waals surface area contributed by atoms with Crippen molar-refractivity contribution in [2.24, 2.45) is 0 Å². The van der Waals surface area contributed by atoms with Crippen LogP contribution < -0.4 is 15.2 Å². The van der Waals surface area contributed by atoms with Crippen molar-refractivity contribution in [1.82, 2.24) is 4.98 Å². The number of nitriles is 1. The van der Waals surface area contributed by atoms with Gasteiger partial charge in [0.25, 0.3) is 0 Å². The van der Waals surface area contributed by atoms with E-state index in [2.05, 4.69) is 11.1 Å². The van der Waals surface area contributed by atoms with Crippen LogP contribution in [0.3, 0.4) is 0 Å². The number of aromatic nitrogens is 1. The molecule has 6 heteroatoms. The molecular formula is C21H18FN3O2. The van der Waals surface area contributed by atoms with Crippen LogP contribution in [0.15, 0.2) is 42.5 Å². The molecule has 1 aromatic heterocycles. The van der Waals surface area contributed by atoms with Crippen molar-refractivity contribution >= 4 is 5.82 Å². The van der Waals surface area contributed by atoms with E-state index in [-0.39, 0.29) is 17.2 Å². The molecule has 0 amide bonds. The van der Waals surface area contributed by atoms with Gasteiger partial charge in [0.15, 0.2) is 11.5 Å². The van der Waals surface area contributed by atoms with Gasteiger partial charge in [0.1, 0.15) is 23.3 Å². The Hall–Kier alpha value is -3.59. The van der Waals surface area contributed by atoms with Gasteiger partial charge in [-0.2, -0.15) is 5.26 Å². The summed E-state index contributed by atoms with van der Waals surface area (Å²) in [6.07, 6.45) is 0. The first-order chi connectivity index (χ1) is 13.0. The summed E-state index contributed by atoms with van der Waals surface area (Å²) < 4.78 is 23.9. The Kier molecular flexibility index (Phi) is 4.95. The van der Waals surface area contributed by atoms with Crippen LogP contribution in [0.1, 0.15) is 11.1 Å². The number of benzene rings is 2. The standard InChI is InChI=1S/C21H18FN3O2/c1-12-19(14-6-9-17(26-2)18(10-14)27-3)16(11-23)21(24)25-20(12)13-4-7-15(22)8-5-13/h4-10H,1-3H3,(H2,24,25). The summed E-state index contributed by atoms with van der Waals surface area (Å²) in [6, 6.07) is 13.5. The highest BCUT2D eigenvalue weighted by Gasteiger charge is 2.19. The van der Waals surface area contributed by atoms with Gasteiger partial charge in [0, 0.05) is 11.1 Å². The maximum Gasteiger partial charge on any atom is 0.161 e. The molecule has 0 aliphatic carbocycles. The third kappa shape index (κ3) is 3.27. The number of pyridine rings is 1. The van der Waals surface area contributed by atoms with Gasteiger partial charge >= 0.3 is 0 Å². The highest BCUT2D eigenvalue weighted by atomic mass is 19.1. The maximum atomic E-state index is 13.3. The third-order valence-electron chi connectivity index (χ3n) is 4.37. The molecule has 3 aromatic rings. The van der Waals surface area contributed by atoms with E-state index in [9.17, 15) is 9.65 Å². The molecule has 0 fully saturated rings. The Morgan fingerprint density at radius 2 is 1.63 bits per heavy atom. The fourth-order valence-corrected chi connectivity index (χ4v) is 3.05. The molecule has 0 unspecified atom stereocenters. The van der Waals surface area contributed by atoms with Crippen LogP contribution in [0.4, 0.5) is 10.2 Å². The Morgan fingerprint density at radius 1 is 1.00 bits per heavy atom. The summed E-state index contributed by atoms with van der Waals surface area (Å²) in [5.74, 6) is 0.903. The lowest BCUT2D eigenvalue weighted by atomic mass is 9.92. The molecule has 0 aliphatic heterocycles. The van der Waals surface area contributed by atoms with Crippen molar-refractivity contribution in [3.63, 3.8) is 0 Å². The molecule has 5 nitrogen and oxygen atoms in total. The predicted molar refractivity (Wildman–Crippen MR) is 102 cm³/mol. The smallest absolute Gasteiger partial charge is 0.161 e. The Morgan fingerprint density at radius 3 is 2.22 bits per heavy atom. The zero-order valence-electron chi connectivity index (χ0n) is 15.2. The van der Waals surface area contributed by atoms with Gasteiger partial charge in [-0.3, -0.25) is 0 Å². The van der Waals surface area contributed by atoms with Crippen LogP contribution in [0.5, 0.6) is 11.5 Å². The average molecular weight is 363 g/mol. The van der Waals surface area contributed by atoms with Crippen LogP contribution in [0.25, 0.3) is 22.4 Å². The molecule has 0 bridgehead atoms. The molecule has 0 saturated carbocycles. The summed E-state index contributed by atoms with van der Waals surface area (Å²) >= 11 is 0. The number of nitrogen functional groups attached to an aromatic ring is 1. The van der Waals surface area contributed by atoms with E-state index in [0.29, 0.717) is 28.3 Å².